The number of benzene rings is 2. The number of aromatic nitrogens is 2. The molecule has 78 valence electrons. The van der Waals surface area contributed by atoms with Crippen molar-refractivity contribution >= 4 is 22.1 Å². The highest BCUT2D eigenvalue weighted by Crippen LogP contribution is 2.16. The molecule has 0 saturated carbocycles. The Bertz CT molecular complexity index is 687. The first kappa shape index (κ1) is 9.28. The molecule has 0 aliphatic carbocycles. The van der Waals surface area contributed by atoms with Gasteiger partial charge in [0, 0.05) is 12.1 Å². The van der Waals surface area contributed by atoms with Gasteiger partial charge in [-0.15, -0.1) is 0 Å². The van der Waals surface area contributed by atoms with E-state index in [-0.39, 0.29) is 0 Å². The summed E-state index contributed by atoms with van der Waals surface area (Å²) in [6, 6.07) is 14.5. The number of para-hydroxylation sites is 3. The second-order valence-electron chi connectivity index (χ2n) is 4.10. The third kappa shape index (κ3) is 1.20. The Labute approximate surface area is 94.2 Å². The molecule has 3 rings (SSSR count). The second kappa shape index (κ2) is 3.27. The predicted octanol–water partition coefficient (Wildman–Crippen LogP) is 2.52. The summed E-state index contributed by atoms with van der Waals surface area (Å²) in [7, 11) is 2.09. The van der Waals surface area contributed by atoms with Crippen LogP contribution in [0.1, 0.15) is 5.56 Å². The number of fused-ring (bicyclic) bond motifs is 2. The van der Waals surface area contributed by atoms with E-state index in [4.69, 9.17) is 4.98 Å². The van der Waals surface area contributed by atoms with Crippen molar-refractivity contribution in [2.45, 2.75) is 6.92 Å². The van der Waals surface area contributed by atoms with E-state index in [0.717, 1.165) is 11.0 Å². The monoisotopic (exact) mass is 209 g/mol. The molecule has 3 aromatic rings. The molecule has 2 heteroatoms. The quantitative estimate of drug-likeness (QED) is 0.410. The Hall–Kier alpha value is -1.96. The molecule has 0 saturated heterocycles. The van der Waals surface area contributed by atoms with E-state index in [9.17, 15) is 0 Å². The minimum absolute atomic E-state index is 1.05. The van der Waals surface area contributed by atoms with E-state index in [1.807, 2.05) is 12.1 Å². The van der Waals surface area contributed by atoms with Crippen LogP contribution in [-0.4, -0.2) is 4.98 Å². The summed E-state index contributed by atoms with van der Waals surface area (Å²) in [5.74, 6) is 0. The van der Waals surface area contributed by atoms with Crippen LogP contribution in [0.25, 0.3) is 22.1 Å². The highest BCUT2D eigenvalue weighted by molar-refractivity contribution is 5.83. The van der Waals surface area contributed by atoms with Crippen LogP contribution in [0.15, 0.2) is 42.5 Å². The van der Waals surface area contributed by atoms with Crippen molar-refractivity contribution in [3.05, 3.63) is 48.0 Å². The van der Waals surface area contributed by atoms with Gasteiger partial charge in [0.1, 0.15) is 18.1 Å². The summed E-state index contributed by atoms with van der Waals surface area (Å²) in [5.41, 5.74) is 5.70. The molecule has 0 amide bonds. The Balaban J connectivity index is 2.61. The van der Waals surface area contributed by atoms with E-state index in [2.05, 4.69) is 48.9 Å². The van der Waals surface area contributed by atoms with E-state index >= 15 is 0 Å². The van der Waals surface area contributed by atoms with Crippen molar-refractivity contribution < 1.29 is 4.57 Å². The highest BCUT2D eigenvalue weighted by atomic mass is 15.0. The summed E-state index contributed by atoms with van der Waals surface area (Å²) in [4.78, 5) is 4.72. The fourth-order valence-electron chi connectivity index (χ4n) is 2.15. The maximum absolute atomic E-state index is 4.72. The lowest BCUT2D eigenvalue weighted by atomic mass is 10.2. The van der Waals surface area contributed by atoms with Crippen molar-refractivity contribution in [2.75, 3.05) is 0 Å². The fraction of sp³-hybridized carbons (Fsp3) is 0.143. The summed E-state index contributed by atoms with van der Waals surface area (Å²) in [6.45, 7) is 2.10. The molecule has 2 aromatic carbocycles. The number of hydrogen-bond acceptors (Lipinski definition) is 1. The minimum atomic E-state index is 1.05. The Morgan fingerprint density at radius 1 is 0.938 bits per heavy atom. The van der Waals surface area contributed by atoms with E-state index < -0.39 is 0 Å². The zero-order valence-corrected chi connectivity index (χ0v) is 9.44. The molecule has 0 N–H and O–H groups in total. The molecular formula is C14H13N2+. The topological polar surface area (TPSA) is 16.8 Å². The Morgan fingerprint density at radius 2 is 1.69 bits per heavy atom. The van der Waals surface area contributed by atoms with Gasteiger partial charge in [-0.2, -0.15) is 4.57 Å². The van der Waals surface area contributed by atoms with Crippen LogP contribution in [-0.2, 0) is 7.05 Å². The largest absolute Gasteiger partial charge is 0.235 e. The fourth-order valence-corrected chi connectivity index (χ4v) is 2.15. The van der Waals surface area contributed by atoms with Crippen LogP contribution in [0.2, 0.25) is 0 Å². The molecule has 16 heavy (non-hydrogen) atoms. The van der Waals surface area contributed by atoms with Gasteiger partial charge in [0.25, 0.3) is 0 Å². The van der Waals surface area contributed by atoms with Gasteiger partial charge >= 0.3 is 0 Å². The summed E-state index contributed by atoms with van der Waals surface area (Å²) in [5, 5.41) is 0. The molecule has 1 aromatic heterocycles. The zero-order valence-electron chi connectivity index (χ0n) is 9.44. The summed E-state index contributed by atoms with van der Waals surface area (Å²) in [6.07, 6.45) is 0. The van der Waals surface area contributed by atoms with Crippen LogP contribution < -0.4 is 4.57 Å². The predicted molar refractivity (Wildman–Crippen MR) is 65.2 cm³/mol. The lowest BCUT2D eigenvalue weighted by Crippen LogP contribution is -2.30. The minimum Gasteiger partial charge on any atom is -0.235 e. The number of rotatable bonds is 0. The molecule has 0 radical (unpaired) electrons. The van der Waals surface area contributed by atoms with Gasteiger partial charge in [-0.1, -0.05) is 24.3 Å². The standard InChI is InChI=1S/C14H13N2/c1-10-6-5-9-13-14(10)15-11-7-3-4-8-12(11)16(13)2/h3-9H,1-2H3/q+1. The normalized spacial score (nSPS) is 11.1. The maximum Gasteiger partial charge on any atom is 0.231 e. The van der Waals surface area contributed by atoms with Gasteiger partial charge in [-0.25, -0.2) is 4.98 Å². The Morgan fingerprint density at radius 3 is 2.56 bits per heavy atom. The van der Waals surface area contributed by atoms with Gasteiger partial charge in [0.2, 0.25) is 11.0 Å². The smallest absolute Gasteiger partial charge is 0.231 e. The molecule has 0 fully saturated rings. The van der Waals surface area contributed by atoms with Crippen molar-refractivity contribution in [3.8, 4) is 0 Å². The number of hydrogen-bond donors (Lipinski definition) is 0. The van der Waals surface area contributed by atoms with Gasteiger partial charge in [0.15, 0.2) is 0 Å². The zero-order chi connectivity index (χ0) is 11.1. The van der Waals surface area contributed by atoms with Crippen molar-refractivity contribution in [1.82, 2.24) is 4.98 Å². The maximum atomic E-state index is 4.72. The molecule has 0 bridgehead atoms. The molecule has 0 aliphatic heterocycles. The number of aryl methyl sites for hydroxylation is 2. The third-order valence-corrected chi connectivity index (χ3v) is 3.05. The lowest BCUT2D eigenvalue weighted by Gasteiger charge is -2.02. The average Bonchev–Trinajstić information content (AvgIpc) is 2.31. The molecule has 0 aliphatic rings. The van der Waals surface area contributed by atoms with Gasteiger partial charge in [-0.3, -0.25) is 0 Å². The van der Waals surface area contributed by atoms with E-state index in [1.54, 1.807) is 0 Å². The first-order valence-electron chi connectivity index (χ1n) is 5.41. The van der Waals surface area contributed by atoms with Crippen molar-refractivity contribution in [3.63, 3.8) is 0 Å². The van der Waals surface area contributed by atoms with Crippen LogP contribution in [0, 0.1) is 6.92 Å². The van der Waals surface area contributed by atoms with Crippen molar-refractivity contribution in [2.24, 2.45) is 7.05 Å². The van der Waals surface area contributed by atoms with E-state index in [1.165, 1.54) is 16.6 Å². The third-order valence-electron chi connectivity index (χ3n) is 3.05. The van der Waals surface area contributed by atoms with Crippen LogP contribution in [0.5, 0.6) is 0 Å². The lowest BCUT2D eigenvalue weighted by molar-refractivity contribution is -0.617. The van der Waals surface area contributed by atoms with E-state index in [0.29, 0.717) is 0 Å². The second-order valence-corrected chi connectivity index (χ2v) is 4.10. The molecule has 0 atom stereocenters. The van der Waals surface area contributed by atoms with Gasteiger partial charge < -0.3 is 0 Å². The Kier molecular flexibility index (Phi) is 1.90. The summed E-state index contributed by atoms with van der Waals surface area (Å²) < 4.78 is 2.20. The van der Waals surface area contributed by atoms with Gasteiger partial charge in [0.05, 0.1) is 0 Å². The molecule has 0 unspecified atom stereocenters. The average molecular weight is 209 g/mol. The summed E-state index contributed by atoms with van der Waals surface area (Å²) >= 11 is 0. The van der Waals surface area contributed by atoms with Crippen LogP contribution in [0.4, 0.5) is 0 Å². The van der Waals surface area contributed by atoms with Crippen LogP contribution in [0.3, 0.4) is 0 Å². The SMILES string of the molecule is Cc1cccc2c1nc1ccccc1[n+]2C. The molecule has 2 nitrogen and oxygen atoms in total. The van der Waals surface area contributed by atoms with Crippen LogP contribution >= 0.6 is 0 Å². The molecule has 0 spiro atoms. The highest BCUT2D eigenvalue weighted by Gasteiger charge is 2.12. The first-order valence-corrected chi connectivity index (χ1v) is 5.41. The van der Waals surface area contributed by atoms with Gasteiger partial charge in [-0.05, 0) is 18.6 Å². The first-order chi connectivity index (χ1) is 7.77. The molecule has 1 heterocycles. The molecular weight excluding hydrogens is 196 g/mol. The number of nitrogens with zero attached hydrogens (tertiary/aromatic N) is 2. The van der Waals surface area contributed by atoms with Crippen molar-refractivity contribution in [1.29, 1.82) is 0 Å².